The van der Waals surface area contributed by atoms with Gasteiger partial charge in [-0.1, -0.05) is 12.1 Å². The summed E-state index contributed by atoms with van der Waals surface area (Å²) in [5.41, 5.74) is 2.96. The fourth-order valence-electron chi connectivity index (χ4n) is 2.87. The van der Waals surface area contributed by atoms with Crippen molar-refractivity contribution in [1.29, 1.82) is 0 Å². The highest BCUT2D eigenvalue weighted by Gasteiger charge is 2.16. The quantitative estimate of drug-likeness (QED) is 0.943. The van der Waals surface area contributed by atoms with E-state index in [9.17, 15) is 4.79 Å². The highest BCUT2D eigenvalue weighted by molar-refractivity contribution is 5.93. The number of benzene rings is 1. The minimum absolute atomic E-state index is 0.0322. The molecule has 0 spiro atoms. The third-order valence-electron chi connectivity index (χ3n) is 4.16. The van der Waals surface area contributed by atoms with E-state index >= 15 is 0 Å². The normalized spacial score (nSPS) is 15.8. The van der Waals surface area contributed by atoms with Gasteiger partial charge in [-0.25, -0.2) is 0 Å². The number of anilines is 1. The molecule has 1 aromatic heterocycles. The Labute approximate surface area is 130 Å². The summed E-state index contributed by atoms with van der Waals surface area (Å²) >= 11 is 0. The molecule has 1 aromatic carbocycles. The first kappa shape index (κ1) is 14.6. The zero-order valence-corrected chi connectivity index (χ0v) is 13.1. The van der Waals surface area contributed by atoms with Gasteiger partial charge in [-0.15, -0.1) is 0 Å². The summed E-state index contributed by atoms with van der Waals surface area (Å²) in [6.07, 6.45) is 5.83. The van der Waals surface area contributed by atoms with Crippen molar-refractivity contribution in [1.82, 2.24) is 15.1 Å². The molecule has 22 heavy (non-hydrogen) atoms. The van der Waals surface area contributed by atoms with Crippen molar-refractivity contribution in [3.8, 4) is 0 Å². The summed E-state index contributed by atoms with van der Waals surface area (Å²) in [7, 11) is 1.81. The molecule has 1 amide bonds. The SMILES string of the molecule is C[C@H](NC(=O)c1cnn(C)c1)c1cccc(N2CCCC2)c1. The van der Waals surface area contributed by atoms with E-state index in [0.29, 0.717) is 5.56 Å². The van der Waals surface area contributed by atoms with Gasteiger partial charge in [0.25, 0.3) is 5.91 Å². The number of carbonyl (C=O) groups is 1. The second-order valence-corrected chi connectivity index (χ2v) is 5.89. The average Bonchev–Trinajstić information content (AvgIpc) is 3.18. The molecule has 5 heteroatoms. The summed E-state index contributed by atoms with van der Waals surface area (Å²) in [6.45, 7) is 4.26. The Hall–Kier alpha value is -2.30. The minimum atomic E-state index is -0.0906. The molecule has 1 atom stereocenters. The second-order valence-electron chi connectivity index (χ2n) is 5.89. The van der Waals surface area contributed by atoms with Crippen LogP contribution >= 0.6 is 0 Å². The van der Waals surface area contributed by atoms with Crippen molar-refractivity contribution in [3.05, 3.63) is 47.8 Å². The van der Waals surface area contributed by atoms with E-state index in [-0.39, 0.29) is 11.9 Å². The molecular weight excluding hydrogens is 276 g/mol. The van der Waals surface area contributed by atoms with Crippen molar-refractivity contribution in [3.63, 3.8) is 0 Å². The summed E-state index contributed by atoms with van der Waals surface area (Å²) in [6, 6.07) is 8.42. The van der Waals surface area contributed by atoms with Crippen molar-refractivity contribution in [2.24, 2.45) is 7.05 Å². The number of nitrogens with one attached hydrogen (secondary N) is 1. The molecule has 0 aliphatic carbocycles. The van der Waals surface area contributed by atoms with Crippen LogP contribution in [0.4, 0.5) is 5.69 Å². The molecule has 0 bridgehead atoms. The predicted molar refractivity (Wildman–Crippen MR) is 87.0 cm³/mol. The summed E-state index contributed by atoms with van der Waals surface area (Å²) in [4.78, 5) is 14.6. The molecule has 0 unspecified atom stereocenters. The Morgan fingerprint density at radius 3 is 2.77 bits per heavy atom. The van der Waals surface area contributed by atoms with Crippen LogP contribution < -0.4 is 10.2 Å². The zero-order valence-electron chi connectivity index (χ0n) is 13.1. The lowest BCUT2D eigenvalue weighted by Crippen LogP contribution is -2.26. The van der Waals surface area contributed by atoms with Gasteiger partial charge in [0.05, 0.1) is 17.8 Å². The number of hydrogen-bond donors (Lipinski definition) is 1. The van der Waals surface area contributed by atoms with Crippen LogP contribution in [-0.2, 0) is 7.05 Å². The fraction of sp³-hybridized carbons (Fsp3) is 0.412. The lowest BCUT2D eigenvalue weighted by Gasteiger charge is -2.20. The van der Waals surface area contributed by atoms with Gasteiger partial charge in [0.1, 0.15) is 0 Å². The number of hydrogen-bond acceptors (Lipinski definition) is 3. The van der Waals surface area contributed by atoms with Crippen LogP contribution in [0, 0.1) is 0 Å². The molecule has 1 aliphatic heterocycles. The van der Waals surface area contributed by atoms with Gasteiger partial charge >= 0.3 is 0 Å². The van der Waals surface area contributed by atoms with Gasteiger partial charge < -0.3 is 10.2 Å². The van der Waals surface area contributed by atoms with E-state index in [1.807, 2.05) is 6.92 Å². The van der Waals surface area contributed by atoms with E-state index in [1.54, 1.807) is 24.1 Å². The monoisotopic (exact) mass is 298 g/mol. The molecule has 1 aliphatic rings. The average molecular weight is 298 g/mol. The van der Waals surface area contributed by atoms with Gasteiger partial charge in [0.2, 0.25) is 0 Å². The van der Waals surface area contributed by atoms with E-state index < -0.39 is 0 Å². The van der Waals surface area contributed by atoms with Crippen molar-refractivity contribution >= 4 is 11.6 Å². The Balaban J connectivity index is 1.70. The van der Waals surface area contributed by atoms with Crippen molar-refractivity contribution < 1.29 is 4.79 Å². The summed E-state index contributed by atoms with van der Waals surface area (Å²) in [5.74, 6) is -0.0906. The molecule has 1 fully saturated rings. The first-order chi connectivity index (χ1) is 10.6. The van der Waals surface area contributed by atoms with E-state index in [2.05, 4.69) is 39.6 Å². The summed E-state index contributed by atoms with van der Waals surface area (Å²) in [5, 5.41) is 7.07. The van der Waals surface area contributed by atoms with Crippen LogP contribution in [0.15, 0.2) is 36.7 Å². The highest BCUT2D eigenvalue weighted by Crippen LogP contribution is 2.24. The van der Waals surface area contributed by atoms with Gasteiger partial charge in [0, 0.05) is 32.0 Å². The number of amides is 1. The maximum absolute atomic E-state index is 12.2. The van der Waals surface area contributed by atoms with Gasteiger partial charge in [-0.2, -0.15) is 5.10 Å². The van der Waals surface area contributed by atoms with E-state index in [1.165, 1.54) is 18.5 Å². The number of aromatic nitrogens is 2. The second kappa shape index (κ2) is 6.22. The van der Waals surface area contributed by atoms with Crippen LogP contribution in [0.3, 0.4) is 0 Å². The van der Waals surface area contributed by atoms with Crippen LogP contribution in [0.25, 0.3) is 0 Å². The molecule has 5 nitrogen and oxygen atoms in total. The third-order valence-corrected chi connectivity index (χ3v) is 4.16. The minimum Gasteiger partial charge on any atom is -0.372 e. The lowest BCUT2D eigenvalue weighted by molar-refractivity contribution is 0.0940. The number of nitrogens with zero attached hydrogens (tertiary/aromatic N) is 3. The topological polar surface area (TPSA) is 50.2 Å². The lowest BCUT2D eigenvalue weighted by atomic mass is 10.1. The fourth-order valence-corrected chi connectivity index (χ4v) is 2.87. The smallest absolute Gasteiger partial charge is 0.254 e. The molecule has 1 N–H and O–H groups in total. The molecule has 1 saturated heterocycles. The Bertz CT molecular complexity index is 658. The van der Waals surface area contributed by atoms with E-state index in [0.717, 1.165) is 18.7 Å². The Morgan fingerprint density at radius 2 is 2.09 bits per heavy atom. The van der Waals surface area contributed by atoms with Gasteiger partial charge in [0.15, 0.2) is 0 Å². The Morgan fingerprint density at radius 1 is 1.32 bits per heavy atom. The molecule has 2 aromatic rings. The van der Waals surface area contributed by atoms with Crippen molar-refractivity contribution in [2.75, 3.05) is 18.0 Å². The maximum atomic E-state index is 12.2. The van der Waals surface area contributed by atoms with Crippen molar-refractivity contribution in [2.45, 2.75) is 25.8 Å². The van der Waals surface area contributed by atoms with Crippen LogP contribution in [0.2, 0.25) is 0 Å². The maximum Gasteiger partial charge on any atom is 0.254 e. The number of carbonyl (C=O) groups excluding carboxylic acids is 1. The van der Waals surface area contributed by atoms with E-state index in [4.69, 9.17) is 0 Å². The summed E-state index contributed by atoms with van der Waals surface area (Å²) < 4.78 is 1.63. The molecular formula is C17H22N4O. The zero-order chi connectivity index (χ0) is 15.5. The molecule has 116 valence electrons. The largest absolute Gasteiger partial charge is 0.372 e. The molecule has 3 rings (SSSR count). The number of aryl methyl sites for hydroxylation is 1. The standard InChI is InChI=1S/C17H22N4O/c1-13(19-17(22)15-11-18-20(2)12-15)14-6-5-7-16(10-14)21-8-3-4-9-21/h5-7,10-13H,3-4,8-9H2,1-2H3,(H,19,22)/t13-/m0/s1. The van der Waals surface area contributed by atoms with Gasteiger partial charge in [-0.3, -0.25) is 9.48 Å². The Kier molecular flexibility index (Phi) is 4.13. The predicted octanol–water partition coefficient (Wildman–Crippen LogP) is 2.51. The molecule has 0 saturated carbocycles. The van der Waals surface area contributed by atoms with Gasteiger partial charge in [-0.05, 0) is 37.5 Å². The number of rotatable bonds is 4. The van der Waals surface area contributed by atoms with Crippen LogP contribution in [0.1, 0.15) is 41.7 Å². The van der Waals surface area contributed by atoms with Crippen LogP contribution in [0.5, 0.6) is 0 Å². The molecule has 2 heterocycles. The van der Waals surface area contributed by atoms with Crippen LogP contribution in [-0.4, -0.2) is 28.8 Å². The first-order valence-electron chi connectivity index (χ1n) is 7.78. The third kappa shape index (κ3) is 3.13. The highest BCUT2D eigenvalue weighted by atomic mass is 16.1. The first-order valence-corrected chi connectivity index (χ1v) is 7.78. The molecule has 0 radical (unpaired) electrons.